The van der Waals surface area contributed by atoms with Crippen molar-refractivity contribution in [2.24, 2.45) is 80.3 Å². The molecule has 0 saturated heterocycles. The lowest BCUT2D eigenvalue weighted by Gasteiger charge is -2.32. The standard InChI is InChI=1S/C82H137N25O33/c1-7-39(6)66(81(140)101-43(12-10-30-92-82(90)91)69(128)96-46(17-25-62(118)119)73(132)95-42(11-8-9-29-83)70(129)106-54(36-108)80(139)102-50(67(89)126)33-57(87)111)107-79(138)52(32-38(4)5)103-68(127)40(13-23-60(114)115)41(14-21-55(85)109)94-78(137)53(34-58(88)112)105-76(135)49(20-28-65(124)125)98-72(131)45(15-22-56(86)110)100-77(136)51(31-37(2)3)104-75(134)48(19-27-64(122)123)99-74(133)47(18-26-63(120)121)97-71(130)44(16-24-61(116)117)93-59(113)35-84/h37-54,66,108H,7-36,83-84H2,1-6H3,(H2,85,109)(H2,86,110)(H2,87,111)(H2,88,112)(H2,89,126)(H,93,113)(H,94,137)(H,95,132)(H,96,128)(H,97,130)(H,98,131)(H,99,133)(H,100,136)(H,101,140)(H,102,139)(H,103,127)(H,104,134)(H,105,135)(H,106,129)(H,107,138)(H,114,115)(H,116,117)(H,118,119)(H,120,121)(H,122,123)(H,124,125)(H4,90,91,92)/t39-,40-,41+,42+,43+,44+,45+,46+,47+,48+,49+,50+,51+,52+,53+,54+,66+/m1/s1. The molecule has 20 amide bonds. The van der Waals surface area contributed by atoms with Crippen LogP contribution in [0.1, 0.15) is 208 Å². The van der Waals surface area contributed by atoms with Gasteiger partial charge in [0.2, 0.25) is 118 Å². The van der Waals surface area contributed by atoms with Crippen LogP contribution in [0.2, 0.25) is 0 Å². The molecule has 0 saturated carbocycles. The number of rotatable bonds is 75. The number of nitrogens with zero attached hydrogens (tertiary/aromatic N) is 1. The Balaban J connectivity index is 7.94. The number of aliphatic hydroxyl groups is 1. The van der Waals surface area contributed by atoms with Crippen LogP contribution in [0.4, 0.5) is 0 Å². The fraction of sp³-hybridized carbons (Fsp3) is 0.671. The number of hydrogen-bond acceptors (Lipinski definition) is 30. The molecule has 58 heteroatoms. The summed E-state index contributed by atoms with van der Waals surface area (Å²) in [7, 11) is 0. The highest BCUT2D eigenvalue weighted by atomic mass is 16.4. The van der Waals surface area contributed by atoms with Crippen LogP contribution in [0.5, 0.6) is 0 Å². The van der Waals surface area contributed by atoms with Gasteiger partial charge in [-0.15, -0.1) is 0 Å². The van der Waals surface area contributed by atoms with Crippen LogP contribution in [-0.4, -0.2) is 313 Å². The van der Waals surface area contributed by atoms with Crippen LogP contribution >= 0.6 is 0 Å². The van der Waals surface area contributed by atoms with Crippen molar-refractivity contribution in [2.45, 2.75) is 299 Å². The number of carboxylic acid groups (broad SMARTS) is 6. The van der Waals surface area contributed by atoms with Gasteiger partial charge in [0.05, 0.1) is 31.9 Å². The number of carbonyl (C=O) groups excluding carboxylic acids is 20. The second-order valence-corrected chi connectivity index (χ2v) is 33.7. The van der Waals surface area contributed by atoms with Gasteiger partial charge in [0, 0.05) is 64.0 Å². The van der Waals surface area contributed by atoms with E-state index in [0.29, 0.717) is 0 Å². The van der Waals surface area contributed by atoms with Crippen molar-refractivity contribution >= 4 is 160 Å². The molecule has 0 aromatic carbocycles. The highest BCUT2D eigenvalue weighted by molar-refractivity contribution is 6.02. The molecular formula is C82H137N25O33. The molecule has 0 fully saturated rings. The Morgan fingerprint density at radius 2 is 0.571 bits per heavy atom. The maximum atomic E-state index is 15.1. The van der Waals surface area contributed by atoms with Crippen molar-refractivity contribution in [2.75, 3.05) is 26.2 Å². The van der Waals surface area contributed by atoms with Gasteiger partial charge in [0.15, 0.2) is 5.96 Å². The van der Waals surface area contributed by atoms with E-state index in [4.69, 9.17) is 51.6 Å². The average molecular weight is 2000 g/mol. The van der Waals surface area contributed by atoms with Crippen LogP contribution < -0.4 is 131 Å². The van der Waals surface area contributed by atoms with E-state index >= 15 is 4.79 Å². The summed E-state index contributed by atoms with van der Waals surface area (Å²) in [5.41, 5.74) is 49.1. The van der Waals surface area contributed by atoms with Gasteiger partial charge in [0.1, 0.15) is 84.6 Å². The maximum absolute atomic E-state index is 15.1. The Hall–Kier alpha value is -14.6. The minimum Gasteiger partial charge on any atom is -0.481 e. The SMILES string of the molecule is CC[C@@H](C)[C@H](NC(=O)[C@H](CC(C)C)NC(=O)[C@H](CCC(=O)O)[C@H](CCC(N)=O)NC(=O)[C@H](CC(N)=O)NC(=O)[C@H](CCC(=O)O)NC(=O)[C@H](CCC(N)=O)NC(=O)[C@H](CC(C)C)NC(=O)[C@H](CCC(=O)O)NC(=O)[C@H](CCC(=O)O)NC(=O)[C@H](CCC(=O)O)NC(=O)CN)C(=O)N[C@@H](CCCN=C(N)N)C(=O)N[C@@H](CCC(=O)O)C(=O)N[C@@H](CCCCN)C(=O)N[C@@H](CO)C(=O)N[C@@H](CC(N)=O)C(N)=O. The van der Waals surface area contributed by atoms with E-state index in [0.717, 1.165) is 0 Å². The van der Waals surface area contributed by atoms with Crippen molar-refractivity contribution in [3.05, 3.63) is 0 Å². The molecule has 788 valence electrons. The summed E-state index contributed by atoms with van der Waals surface area (Å²) in [6.07, 6.45) is -15.6. The Morgan fingerprint density at radius 3 is 0.907 bits per heavy atom. The lowest BCUT2D eigenvalue weighted by Crippen LogP contribution is -2.61. The second kappa shape index (κ2) is 66.0. The first kappa shape index (κ1) is 125. The number of carbonyl (C=O) groups is 26. The number of unbranched alkanes of at least 4 members (excludes halogenated alkanes) is 1. The largest absolute Gasteiger partial charge is 0.481 e. The first-order valence-corrected chi connectivity index (χ1v) is 44.8. The predicted molar refractivity (Wildman–Crippen MR) is 485 cm³/mol. The van der Waals surface area contributed by atoms with Crippen molar-refractivity contribution in [1.29, 1.82) is 0 Å². The third-order valence-electron chi connectivity index (χ3n) is 21.0. The van der Waals surface area contributed by atoms with E-state index < -0.39 is 403 Å². The molecule has 0 spiro atoms. The van der Waals surface area contributed by atoms with E-state index in [2.05, 4.69) is 84.7 Å². The molecule has 0 rings (SSSR count). The van der Waals surface area contributed by atoms with Crippen molar-refractivity contribution in [3.8, 4) is 0 Å². The Kier molecular flexibility index (Phi) is 59.1. The number of nitrogens with one attached hydrogen (secondary N) is 15. The Labute approximate surface area is 802 Å². The van der Waals surface area contributed by atoms with E-state index in [9.17, 15) is 156 Å². The zero-order valence-electron chi connectivity index (χ0n) is 78.6. The van der Waals surface area contributed by atoms with Gasteiger partial charge in [-0.05, 0) is 121 Å². The number of hydrogen-bond donors (Lipinski definition) is 31. The van der Waals surface area contributed by atoms with Crippen molar-refractivity contribution in [1.82, 2.24) is 79.8 Å². The number of aliphatic hydroxyl groups excluding tert-OH is 1. The number of primary amides is 5. The molecule has 0 aliphatic carbocycles. The third-order valence-corrected chi connectivity index (χ3v) is 21.0. The van der Waals surface area contributed by atoms with Crippen LogP contribution in [0.3, 0.4) is 0 Å². The van der Waals surface area contributed by atoms with Crippen LogP contribution in [-0.2, 0) is 125 Å². The van der Waals surface area contributed by atoms with E-state index in [1.54, 1.807) is 20.8 Å². The van der Waals surface area contributed by atoms with Gasteiger partial charge in [-0.1, -0.05) is 48.0 Å². The minimum atomic E-state index is -2.24. The Bertz CT molecular complexity index is 4360. The third kappa shape index (κ3) is 52.6. The molecular weight excluding hydrogens is 1860 g/mol. The smallest absolute Gasteiger partial charge is 0.303 e. The Morgan fingerprint density at radius 1 is 0.286 bits per heavy atom. The molecule has 0 aliphatic heterocycles. The molecule has 0 aliphatic rings. The molecule has 0 radical (unpaired) electrons. The van der Waals surface area contributed by atoms with Gasteiger partial charge < -0.3 is 167 Å². The fourth-order valence-electron chi connectivity index (χ4n) is 13.4. The monoisotopic (exact) mass is 2000 g/mol. The number of aliphatic imine (C=N–C) groups is 1. The lowest BCUT2D eigenvalue weighted by atomic mass is 9.88. The zero-order valence-corrected chi connectivity index (χ0v) is 78.6. The molecule has 0 heterocycles. The normalized spacial score (nSPS) is 14.7. The first-order valence-electron chi connectivity index (χ1n) is 44.8. The number of carboxylic acids is 6. The molecule has 17 atom stereocenters. The van der Waals surface area contributed by atoms with Crippen molar-refractivity contribution in [3.63, 3.8) is 0 Å². The van der Waals surface area contributed by atoms with Gasteiger partial charge in [-0.25, -0.2) is 0 Å². The van der Waals surface area contributed by atoms with Crippen LogP contribution in [0, 0.1) is 23.7 Å². The van der Waals surface area contributed by atoms with Gasteiger partial charge >= 0.3 is 35.8 Å². The summed E-state index contributed by atoms with van der Waals surface area (Å²) in [4.78, 5) is 350. The van der Waals surface area contributed by atoms with E-state index in [-0.39, 0.29) is 64.5 Å². The average Bonchev–Trinajstić information content (AvgIpc) is 0.836. The molecule has 40 N–H and O–H groups in total. The molecule has 0 unspecified atom stereocenters. The molecule has 140 heavy (non-hydrogen) atoms. The quantitative estimate of drug-likeness (QED) is 0.0153. The first-order chi connectivity index (χ1) is 65.4. The van der Waals surface area contributed by atoms with Crippen molar-refractivity contribution < 1.29 is 160 Å². The van der Waals surface area contributed by atoms with Gasteiger partial charge in [-0.3, -0.25) is 130 Å². The highest BCUT2D eigenvalue weighted by Gasteiger charge is 2.42. The number of amides is 20. The lowest BCUT2D eigenvalue weighted by molar-refractivity contribution is -0.140. The molecule has 0 aromatic heterocycles. The molecule has 0 bridgehead atoms. The molecule has 58 nitrogen and oxygen atoms in total. The summed E-state index contributed by atoms with van der Waals surface area (Å²) < 4.78 is 0. The highest BCUT2D eigenvalue weighted by Crippen LogP contribution is 2.22. The topological polar surface area (TPSA) is 1010 Å². The zero-order chi connectivity index (χ0) is 107. The summed E-state index contributed by atoms with van der Waals surface area (Å²) in [5.74, 6) is -38.3. The van der Waals surface area contributed by atoms with E-state index in [1.165, 1.54) is 20.8 Å². The summed E-state index contributed by atoms with van der Waals surface area (Å²) in [6.45, 7) is 7.29. The van der Waals surface area contributed by atoms with Crippen LogP contribution in [0.25, 0.3) is 0 Å². The number of aliphatic carboxylic acids is 6. The summed E-state index contributed by atoms with van der Waals surface area (Å²) >= 11 is 0. The maximum Gasteiger partial charge on any atom is 0.303 e. The van der Waals surface area contributed by atoms with Gasteiger partial charge in [0.25, 0.3) is 0 Å². The minimum absolute atomic E-state index is 0.0688. The molecule has 0 aromatic rings. The summed E-state index contributed by atoms with van der Waals surface area (Å²) in [5, 5.41) is 103. The summed E-state index contributed by atoms with van der Waals surface area (Å²) in [6, 6.07) is -27.8. The van der Waals surface area contributed by atoms with E-state index in [1.807, 2.05) is 0 Å². The number of nitrogens with two attached hydrogens (primary N) is 9. The van der Waals surface area contributed by atoms with Crippen LogP contribution in [0.15, 0.2) is 4.99 Å². The second-order valence-electron chi connectivity index (χ2n) is 33.7. The fourth-order valence-corrected chi connectivity index (χ4v) is 13.4. The predicted octanol–water partition coefficient (Wildman–Crippen LogP) is -11.9. The van der Waals surface area contributed by atoms with Gasteiger partial charge in [-0.2, -0.15) is 0 Å². The number of guanidine groups is 1.